The first-order valence-corrected chi connectivity index (χ1v) is 9.61. The summed E-state index contributed by atoms with van der Waals surface area (Å²) < 4.78 is 53.8. The maximum Gasteiger partial charge on any atom is 0.325 e. The van der Waals surface area contributed by atoms with Crippen molar-refractivity contribution in [1.82, 2.24) is 4.31 Å². The molecule has 2 heterocycles. The number of carbonyl (C=O) groups is 1. The summed E-state index contributed by atoms with van der Waals surface area (Å²) in [5.41, 5.74) is 2.28. The Labute approximate surface area is 152 Å². The Kier molecular flexibility index (Phi) is 3.57. The van der Waals surface area contributed by atoms with Crippen LogP contribution in [0.1, 0.15) is 45.3 Å². The summed E-state index contributed by atoms with van der Waals surface area (Å²) in [6.45, 7) is 7.67. The largest absolute Gasteiger partial charge is 0.487 e. The van der Waals surface area contributed by atoms with Gasteiger partial charge in [0.25, 0.3) is 0 Å². The third kappa shape index (κ3) is 2.83. The van der Waals surface area contributed by atoms with Crippen molar-refractivity contribution in [3.05, 3.63) is 22.3 Å². The lowest BCUT2D eigenvalue weighted by molar-refractivity contribution is -0.140. The normalized spacial score (nSPS) is 31.3. The van der Waals surface area contributed by atoms with E-state index in [1.54, 1.807) is 13.8 Å². The summed E-state index contributed by atoms with van der Waals surface area (Å²) in [6.07, 6.45) is 1.42. The molecule has 138 valence electrons. The van der Waals surface area contributed by atoms with Gasteiger partial charge in [-0.1, -0.05) is 0 Å². The van der Waals surface area contributed by atoms with Gasteiger partial charge in [-0.05, 0) is 69.7 Å². The van der Waals surface area contributed by atoms with Crippen LogP contribution in [-0.2, 0) is 26.0 Å². The Bertz CT molecular complexity index is 944. The molecule has 3 rings (SSSR count). The lowest BCUT2D eigenvalue weighted by Gasteiger charge is -2.35. The molecule has 3 atom stereocenters. The third-order valence-electron chi connectivity index (χ3n) is 4.99. The number of rotatable bonds is 3. The van der Waals surface area contributed by atoms with Gasteiger partial charge in [-0.25, -0.2) is 8.42 Å². The molecule has 0 radical (unpaired) electrons. The van der Waals surface area contributed by atoms with Crippen LogP contribution in [0.2, 0.25) is 0 Å². The SMILES string of the molecule is [2H][C@@H]1N(S(=O)(=O)c2c(C)c(C)c3c(c2C)CCC(C)(C)O3)[C@@]1([2H])C(=O)OC. The molecule has 1 aromatic carbocycles. The molecule has 7 heteroatoms. The van der Waals surface area contributed by atoms with E-state index in [4.69, 9.17) is 7.48 Å². The highest BCUT2D eigenvalue weighted by Crippen LogP contribution is 2.44. The van der Waals surface area contributed by atoms with Gasteiger partial charge in [-0.2, -0.15) is 4.31 Å². The van der Waals surface area contributed by atoms with Crippen molar-refractivity contribution in [3.63, 3.8) is 0 Å². The zero-order chi connectivity index (χ0) is 20.5. The topological polar surface area (TPSA) is 72.7 Å². The fourth-order valence-corrected chi connectivity index (χ4v) is 5.18. The number of benzene rings is 1. The van der Waals surface area contributed by atoms with Crippen molar-refractivity contribution in [1.29, 1.82) is 0 Å². The van der Waals surface area contributed by atoms with Crippen molar-refractivity contribution in [3.8, 4) is 5.75 Å². The zero-order valence-corrected chi connectivity index (χ0v) is 16.2. The fraction of sp³-hybridized carbons (Fsp3) is 0.611. The first-order chi connectivity index (χ1) is 12.3. The van der Waals surface area contributed by atoms with Gasteiger partial charge < -0.3 is 9.47 Å². The standard InChI is InChI=1S/C18H25NO5S/c1-10-11(2)16(25(21,22)19-9-14(19)17(20)23-6)12(3)13-7-8-18(4,5)24-15(10)13/h14H,7-9H2,1-6H3/t14-,19?/m1/s1/i9D,14D/t9-,14+,19?/m0. The molecule has 1 unspecified atom stereocenters. The van der Waals surface area contributed by atoms with Crippen LogP contribution in [0.5, 0.6) is 5.75 Å². The predicted molar refractivity (Wildman–Crippen MR) is 93.4 cm³/mol. The second-order valence-corrected chi connectivity index (χ2v) is 8.93. The Hall–Kier alpha value is -1.60. The van der Waals surface area contributed by atoms with Crippen LogP contribution < -0.4 is 4.74 Å². The summed E-state index contributed by atoms with van der Waals surface area (Å²) in [7, 11) is -3.15. The summed E-state index contributed by atoms with van der Waals surface area (Å²) >= 11 is 0. The molecule has 0 bridgehead atoms. The molecule has 1 fully saturated rings. The number of sulfonamides is 1. The first-order valence-electron chi connectivity index (χ1n) is 9.25. The minimum Gasteiger partial charge on any atom is -0.487 e. The van der Waals surface area contributed by atoms with E-state index < -0.39 is 28.5 Å². The van der Waals surface area contributed by atoms with Gasteiger partial charge in [-0.15, -0.1) is 0 Å². The minimum absolute atomic E-state index is 0.0531. The van der Waals surface area contributed by atoms with Crippen molar-refractivity contribution in [2.45, 2.75) is 64.0 Å². The van der Waals surface area contributed by atoms with Crippen molar-refractivity contribution in [2.75, 3.05) is 13.6 Å². The predicted octanol–water partition coefficient (Wildman–Crippen LogP) is 2.26. The van der Waals surface area contributed by atoms with E-state index in [-0.39, 0.29) is 10.5 Å². The van der Waals surface area contributed by atoms with Crippen LogP contribution in [0.4, 0.5) is 0 Å². The highest BCUT2D eigenvalue weighted by molar-refractivity contribution is 7.89. The molecular weight excluding hydrogens is 342 g/mol. The van der Waals surface area contributed by atoms with Crippen molar-refractivity contribution >= 4 is 16.0 Å². The molecule has 0 saturated carbocycles. The summed E-state index contributed by atoms with van der Waals surface area (Å²) in [6, 6.07) is -2.24. The molecule has 0 N–H and O–H groups in total. The Morgan fingerprint density at radius 1 is 1.32 bits per heavy atom. The van der Waals surface area contributed by atoms with Crippen LogP contribution in [0.3, 0.4) is 0 Å². The van der Waals surface area contributed by atoms with Crippen LogP contribution in [0.25, 0.3) is 0 Å². The number of fused-ring (bicyclic) bond motifs is 1. The number of methoxy groups -OCH3 is 1. The molecule has 1 saturated heterocycles. The summed E-state index contributed by atoms with van der Waals surface area (Å²) in [5, 5.41) is 0. The molecule has 2 aliphatic heterocycles. The monoisotopic (exact) mass is 369 g/mol. The smallest absolute Gasteiger partial charge is 0.325 e. The van der Waals surface area contributed by atoms with E-state index in [1.165, 1.54) is 0 Å². The van der Waals surface area contributed by atoms with Gasteiger partial charge in [0.05, 0.1) is 13.4 Å². The molecular formula is C18H25NO5S. The van der Waals surface area contributed by atoms with Crippen molar-refractivity contribution in [2.24, 2.45) is 0 Å². The van der Waals surface area contributed by atoms with Gasteiger partial charge in [0.15, 0.2) is 0 Å². The Balaban J connectivity index is 2.17. The van der Waals surface area contributed by atoms with Gasteiger partial charge in [-0.3, -0.25) is 4.79 Å². The lowest BCUT2D eigenvalue weighted by Crippen LogP contribution is -2.34. The van der Waals surface area contributed by atoms with Crippen LogP contribution in [0, 0.1) is 20.8 Å². The molecule has 2 aliphatic rings. The molecule has 6 nitrogen and oxygen atoms in total. The summed E-state index contributed by atoms with van der Waals surface area (Å²) in [4.78, 5) is 11.9. The fourth-order valence-electron chi connectivity index (χ4n) is 3.36. The Morgan fingerprint density at radius 2 is 1.96 bits per heavy atom. The maximum absolute atomic E-state index is 13.3. The quantitative estimate of drug-likeness (QED) is 0.604. The van der Waals surface area contributed by atoms with Gasteiger partial charge in [0.2, 0.25) is 10.0 Å². The number of carbonyl (C=O) groups excluding carboxylic acids is 1. The van der Waals surface area contributed by atoms with E-state index in [0.29, 0.717) is 27.6 Å². The number of ether oxygens (including phenoxy) is 2. The van der Waals surface area contributed by atoms with E-state index >= 15 is 0 Å². The molecule has 0 aliphatic carbocycles. The van der Waals surface area contributed by atoms with Crippen LogP contribution in [-0.4, -0.2) is 43.9 Å². The first kappa shape index (κ1) is 15.6. The van der Waals surface area contributed by atoms with Gasteiger partial charge >= 0.3 is 5.97 Å². The average molecular weight is 369 g/mol. The van der Waals surface area contributed by atoms with E-state index in [1.807, 2.05) is 20.8 Å². The number of esters is 1. The van der Waals surface area contributed by atoms with Crippen molar-refractivity contribution < 1.29 is 25.4 Å². The van der Waals surface area contributed by atoms with E-state index in [0.717, 1.165) is 24.7 Å². The van der Waals surface area contributed by atoms with E-state index in [2.05, 4.69) is 4.74 Å². The van der Waals surface area contributed by atoms with Gasteiger partial charge in [0.1, 0.15) is 17.4 Å². The second kappa shape index (κ2) is 5.71. The number of hydrogen-bond acceptors (Lipinski definition) is 5. The van der Waals surface area contributed by atoms with Crippen LogP contribution in [0.15, 0.2) is 4.90 Å². The number of nitrogens with zero attached hydrogens (tertiary/aromatic N) is 1. The highest BCUT2D eigenvalue weighted by atomic mass is 32.2. The number of hydrogen-bond donors (Lipinski definition) is 0. The summed E-state index contributed by atoms with van der Waals surface area (Å²) in [5.74, 6) is -0.348. The van der Waals surface area contributed by atoms with Gasteiger partial charge in [0, 0.05) is 7.89 Å². The third-order valence-corrected chi connectivity index (χ3v) is 6.94. The molecule has 0 spiro atoms. The second-order valence-electron chi connectivity index (χ2n) is 7.18. The van der Waals surface area contributed by atoms with Crippen LogP contribution >= 0.6 is 0 Å². The molecule has 0 amide bonds. The zero-order valence-electron chi connectivity index (χ0n) is 17.4. The van der Waals surface area contributed by atoms with E-state index in [9.17, 15) is 13.2 Å². The molecule has 0 aromatic heterocycles. The lowest BCUT2D eigenvalue weighted by atomic mass is 9.88. The minimum atomic E-state index is -4.22. The molecule has 25 heavy (non-hydrogen) atoms. The maximum atomic E-state index is 13.3. The molecule has 1 aromatic rings. The Morgan fingerprint density at radius 3 is 2.56 bits per heavy atom. The highest BCUT2D eigenvalue weighted by Gasteiger charge is 2.51. The average Bonchev–Trinajstić information content (AvgIpc) is 3.14.